The number of carbonyl (C=O) groups excluding carboxylic acids is 1. The van der Waals surface area contributed by atoms with E-state index in [0.717, 1.165) is 0 Å². The van der Waals surface area contributed by atoms with E-state index in [2.05, 4.69) is 10.3 Å². The number of aliphatic imine (C=N–C) groups is 1. The fourth-order valence-electron chi connectivity index (χ4n) is 1.76. The molecule has 2 heterocycles. The van der Waals surface area contributed by atoms with Gasteiger partial charge in [0.15, 0.2) is 11.6 Å². The van der Waals surface area contributed by atoms with Crippen LogP contribution in [0.4, 0.5) is 0 Å². The lowest BCUT2D eigenvalue weighted by molar-refractivity contribution is -0.115. The molecule has 0 saturated carbocycles. The van der Waals surface area contributed by atoms with Crippen LogP contribution in [0.2, 0.25) is 10.0 Å². The molecule has 1 aliphatic rings. The third-order valence-electron chi connectivity index (χ3n) is 2.71. The zero-order chi connectivity index (χ0) is 14.1. The van der Waals surface area contributed by atoms with E-state index in [1.807, 2.05) is 0 Å². The Hall–Kier alpha value is -2.04. The Morgan fingerprint density at radius 2 is 2.10 bits per heavy atom. The van der Waals surface area contributed by atoms with Gasteiger partial charge >= 0.3 is 0 Å². The fraction of sp³-hybridized carbons (Fsp3) is 0. The summed E-state index contributed by atoms with van der Waals surface area (Å²) in [6.07, 6.45) is 3.12. The molecule has 4 nitrogen and oxygen atoms in total. The highest BCUT2D eigenvalue weighted by Gasteiger charge is 2.22. The second kappa shape index (κ2) is 5.15. The van der Waals surface area contributed by atoms with Crippen LogP contribution in [0.5, 0.6) is 0 Å². The number of benzene rings is 1. The summed E-state index contributed by atoms with van der Waals surface area (Å²) >= 11 is 11.9. The number of rotatable bonds is 2. The van der Waals surface area contributed by atoms with Crippen molar-refractivity contribution < 1.29 is 9.21 Å². The minimum atomic E-state index is -0.303. The van der Waals surface area contributed by atoms with Gasteiger partial charge in [-0.2, -0.15) is 0 Å². The predicted molar refractivity (Wildman–Crippen MR) is 77.8 cm³/mol. The van der Waals surface area contributed by atoms with Crippen molar-refractivity contribution in [2.45, 2.75) is 0 Å². The SMILES string of the molecule is O=C1NC(c2ccco2)=N/C1=C\c1ccc(Cl)cc1Cl. The summed E-state index contributed by atoms with van der Waals surface area (Å²) in [4.78, 5) is 16.1. The van der Waals surface area contributed by atoms with Gasteiger partial charge in [-0.1, -0.05) is 29.3 Å². The largest absolute Gasteiger partial charge is 0.461 e. The Labute approximate surface area is 124 Å². The number of nitrogens with one attached hydrogen (secondary N) is 1. The monoisotopic (exact) mass is 306 g/mol. The molecule has 0 saturated heterocycles. The second-order valence-corrected chi connectivity index (χ2v) is 4.93. The Bertz CT molecular complexity index is 734. The number of amidine groups is 1. The molecule has 1 N–H and O–H groups in total. The van der Waals surface area contributed by atoms with Crippen LogP contribution in [0.3, 0.4) is 0 Å². The van der Waals surface area contributed by atoms with E-state index in [1.54, 1.807) is 36.4 Å². The van der Waals surface area contributed by atoms with E-state index in [9.17, 15) is 4.79 Å². The molecule has 2 aromatic rings. The van der Waals surface area contributed by atoms with Crippen LogP contribution in [0.1, 0.15) is 11.3 Å². The number of nitrogens with zero attached hydrogens (tertiary/aromatic N) is 1. The highest BCUT2D eigenvalue weighted by atomic mass is 35.5. The van der Waals surface area contributed by atoms with E-state index in [1.165, 1.54) is 6.26 Å². The first-order chi connectivity index (χ1) is 9.63. The number of furan rings is 1. The van der Waals surface area contributed by atoms with Gasteiger partial charge in [0.1, 0.15) is 5.70 Å². The van der Waals surface area contributed by atoms with Crippen molar-refractivity contribution in [2.75, 3.05) is 0 Å². The average molecular weight is 307 g/mol. The summed E-state index contributed by atoms with van der Waals surface area (Å²) in [5.74, 6) is 0.586. The maximum absolute atomic E-state index is 11.9. The van der Waals surface area contributed by atoms with Gasteiger partial charge in [-0.3, -0.25) is 4.79 Å². The van der Waals surface area contributed by atoms with Crippen LogP contribution in [-0.4, -0.2) is 11.7 Å². The van der Waals surface area contributed by atoms with E-state index in [4.69, 9.17) is 27.6 Å². The molecule has 0 radical (unpaired) electrons. The quantitative estimate of drug-likeness (QED) is 0.863. The van der Waals surface area contributed by atoms with Crippen LogP contribution >= 0.6 is 23.2 Å². The van der Waals surface area contributed by atoms with Crippen LogP contribution in [-0.2, 0) is 4.79 Å². The minimum Gasteiger partial charge on any atom is -0.461 e. The Morgan fingerprint density at radius 3 is 2.80 bits per heavy atom. The molecular formula is C14H8Cl2N2O2. The van der Waals surface area contributed by atoms with Crippen molar-refractivity contribution in [1.29, 1.82) is 0 Å². The summed E-state index contributed by atoms with van der Waals surface area (Å²) in [6.45, 7) is 0. The molecule has 20 heavy (non-hydrogen) atoms. The smallest absolute Gasteiger partial charge is 0.275 e. The molecule has 0 aliphatic carbocycles. The molecule has 0 fully saturated rings. The Kier molecular flexibility index (Phi) is 3.34. The van der Waals surface area contributed by atoms with Gasteiger partial charge in [0.2, 0.25) is 0 Å². The van der Waals surface area contributed by atoms with E-state index >= 15 is 0 Å². The first-order valence-electron chi connectivity index (χ1n) is 5.74. The second-order valence-electron chi connectivity index (χ2n) is 4.09. The van der Waals surface area contributed by atoms with Gasteiger partial charge in [-0.15, -0.1) is 0 Å². The minimum absolute atomic E-state index is 0.264. The zero-order valence-electron chi connectivity index (χ0n) is 10.1. The number of hydrogen-bond donors (Lipinski definition) is 1. The fourth-order valence-corrected chi connectivity index (χ4v) is 2.23. The molecule has 1 aromatic carbocycles. The standard InChI is InChI=1S/C14H8Cl2N2O2/c15-9-4-3-8(10(16)7-9)6-11-14(19)18-13(17-11)12-2-1-5-20-12/h1-7H,(H,17,18,19)/b11-6-. The Morgan fingerprint density at radius 1 is 1.25 bits per heavy atom. The third kappa shape index (κ3) is 2.48. The molecule has 1 aromatic heterocycles. The summed E-state index contributed by atoms with van der Waals surface area (Å²) in [5, 5.41) is 3.63. The lowest BCUT2D eigenvalue weighted by Gasteiger charge is -1.99. The predicted octanol–water partition coefficient (Wildman–Crippen LogP) is 3.50. The molecule has 0 spiro atoms. The molecule has 1 aliphatic heterocycles. The molecule has 1 amide bonds. The highest BCUT2D eigenvalue weighted by Crippen LogP contribution is 2.24. The van der Waals surface area contributed by atoms with Gasteiger partial charge in [0.25, 0.3) is 5.91 Å². The molecule has 0 atom stereocenters. The van der Waals surface area contributed by atoms with E-state index in [-0.39, 0.29) is 11.6 Å². The van der Waals surface area contributed by atoms with Crippen LogP contribution in [0.25, 0.3) is 6.08 Å². The number of amides is 1. The van der Waals surface area contributed by atoms with E-state index in [0.29, 0.717) is 27.2 Å². The summed E-state index contributed by atoms with van der Waals surface area (Å²) in [6, 6.07) is 8.48. The van der Waals surface area contributed by atoms with Crippen molar-refractivity contribution in [3.8, 4) is 0 Å². The summed E-state index contributed by atoms with van der Waals surface area (Å²) in [5.41, 5.74) is 0.936. The van der Waals surface area contributed by atoms with Crippen molar-refractivity contribution >= 4 is 41.0 Å². The van der Waals surface area contributed by atoms with Crippen LogP contribution < -0.4 is 5.32 Å². The highest BCUT2D eigenvalue weighted by molar-refractivity contribution is 6.35. The van der Waals surface area contributed by atoms with Crippen molar-refractivity contribution in [1.82, 2.24) is 5.32 Å². The molecule has 100 valence electrons. The normalized spacial score (nSPS) is 16.4. The van der Waals surface area contributed by atoms with Gasteiger partial charge in [0, 0.05) is 10.0 Å². The third-order valence-corrected chi connectivity index (χ3v) is 3.27. The summed E-state index contributed by atoms with van der Waals surface area (Å²) < 4.78 is 5.19. The van der Waals surface area contributed by atoms with Gasteiger partial charge < -0.3 is 9.73 Å². The first kappa shape index (κ1) is 13.0. The zero-order valence-corrected chi connectivity index (χ0v) is 11.6. The van der Waals surface area contributed by atoms with Gasteiger partial charge in [-0.05, 0) is 35.9 Å². The van der Waals surface area contributed by atoms with Crippen molar-refractivity contribution in [3.05, 3.63) is 63.7 Å². The topological polar surface area (TPSA) is 54.6 Å². The molecule has 3 rings (SSSR count). The lowest BCUT2D eigenvalue weighted by Crippen LogP contribution is -2.24. The van der Waals surface area contributed by atoms with Gasteiger partial charge in [0.05, 0.1) is 6.26 Å². The molecule has 6 heteroatoms. The molecule has 0 bridgehead atoms. The maximum atomic E-state index is 11.9. The number of halogens is 2. The number of carbonyl (C=O) groups is 1. The summed E-state index contributed by atoms with van der Waals surface area (Å²) in [7, 11) is 0. The molecular weight excluding hydrogens is 299 g/mol. The van der Waals surface area contributed by atoms with Crippen molar-refractivity contribution in [3.63, 3.8) is 0 Å². The molecule has 0 unspecified atom stereocenters. The number of hydrogen-bond acceptors (Lipinski definition) is 3. The van der Waals surface area contributed by atoms with Crippen molar-refractivity contribution in [2.24, 2.45) is 4.99 Å². The maximum Gasteiger partial charge on any atom is 0.275 e. The van der Waals surface area contributed by atoms with E-state index < -0.39 is 0 Å². The average Bonchev–Trinajstić information content (AvgIpc) is 3.03. The lowest BCUT2D eigenvalue weighted by atomic mass is 10.2. The van der Waals surface area contributed by atoms with Crippen LogP contribution in [0.15, 0.2) is 51.7 Å². The van der Waals surface area contributed by atoms with Gasteiger partial charge in [-0.25, -0.2) is 4.99 Å². The van der Waals surface area contributed by atoms with Crippen LogP contribution in [0, 0.1) is 0 Å². The Balaban J connectivity index is 1.97. The first-order valence-corrected chi connectivity index (χ1v) is 6.50.